The highest BCUT2D eigenvalue weighted by Crippen LogP contribution is 2.34. The average molecular weight is 493 g/mol. The van der Waals surface area contributed by atoms with Gasteiger partial charge in [-0.2, -0.15) is 0 Å². The fourth-order valence-electron chi connectivity index (χ4n) is 4.53. The van der Waals surface area contributed by atoms with Crippen LogP contribution in [0.25, 0.3) is 20.9 Å². The minimum atomic E-state index is 0.117. The Morgan fingerprint density at radius 1 is 0.912 bits per heavy atom. The number of hydrogen-bond donors (Lipinski definition) is 0. The SMILES string of the molecule is CCN(CC)CCCCN(Cc1ccc2ccccc2c1)C(=O)c1sc2ccc(Cl)cc2c1C. The summed E-state index contributed by atoms with van der Waals surface area (Å²) in [6.07, 6.45) is 2.08. The van der Waals surface area contributed by atoms with Crippen LogP contribution in [0.15, 0.2) is 60.7 Å². The maximum absolute atomic E-state index is 13.8. The van der Waals surface area contributed by atoms with Crippen LogP contribution in [0.4, 0.5) is 0 Å². The number of nitrogens with zero attached hydrogens (tertiary/aromatic N) is 2. The first-order chi connectivity index (χ1) is 16.5. The van der Waals surface area contributed by atoms with Crippen LogP contribution in [-0.2, 0) is 6.54 Å². The minimum Gasteiger partial charge on any atom is -0.334 e. The van der Waals surface area contributed by atoms with Crippen molar-refractivity contribution in [2.24, 2.45) is 0 Å². The summed E-state index contributed by atoms with van der Waals surface area (Å²) >= 11 is 7.81. The highest BCUT2D eigenvalue weighted by Gasteiger charge is 2.22. The van der Waals surface area contributed by atoms with E-state index < -0.39 is 0 Å². The van der Waals surface area contributed by atoms with Gasteiger partial charge in [0.2, 0.25) is 0 Å². The fraction of sp³-hybridized carbons (Fsp3) is 0.345. The van der Waals surface area contributed by atoms with Crippen molar-refractivity contribution in [2.75, 3.05) is 26.2 Å². The van der Waals surface area contributed by atoms with Crippen LogP contribution < -0.4 is 0 Å². The molecule has 0 bridgehead atoms. The quantitative estimate of drug-likeness (QED) is 0.211. The van der Waals surface area contributed by atoms with Gasteiger partial charge >= 0.3 is 0 Å². The molecule has 178 valence electrons. The summed E-state index contributed by atoms with van der Waals surface area (Å²) < 4.78 is 1.11. The van der Waals surface area contributed by atoms with E-state index in [9.17, 15) is 4.79 Å². The Morgan fingerprint density at radius 3 is 2.41 bits per heavy atom. The van der Waals surface area contributed by atoms with E-state index in [1.807, 2.05) is 30.0 Å². The van der Waals surface area contributed by atoms with Crippen molar-refractivity contribution >= 4 is 49.7 Å². The van der Waals surface area contributed by atoms with E-state index in [4.69, 9.17) is 11.6 Å². The normalized spacial score (nSPS) is 11.6. The Morgan fingerprint density at radius 2 is 1.65 bits per heavy atom. The number of benzene rings is 3. The number of fused-ring (bicyclic) bond motifs is 2. The van der Waals surface area contributed by atoms with Gasteiger partial charge in [-0.1, -0.05) is 61.8 Å². The summed E-state index contributed by atoms with van der Waals surface area (Å²) in [4.78, 5) is 19.1. The fourth-order valence-corrected chi connectivity index (χ4v) is 5.86. The van der Waals surface area contributed by atoms with Gasteiger partial charge in [0.05, 0.1) is 4.88 Å². The monoisotopic (exact) mass is 492 g/mol. The number of unbranched alkanes of at least 4 members (excludes halogenated alkanes) is 1. The predicted molar refractivity (Wildman–Crippen MR) is 147 cm³/mol. The topological polar surface area (TPSA) is 23.6 Å². The van der Waals surface area contributed by atoms with Gasteiger partial charge < -0.3 is 9.80 Å². The van der Waals surface area contributed by atoms with Crippen LogP contribution in [0.3, 0.4) is 0 Å². The molecule has 0 radical (unpaired) electrons. The van der Waals surface area contributed by atoms with Gasteiger partial charge in [0.15, 0.2) is 0 Å². The molecule has 4 rings (SSSR count). The number of amides is 1. The van der Waals surface area contributed by atoms with E-state index in [1.54, 1.807) is 11.3 Å². The molecule has 0 saturated heterocycles. The number of carbonyl (C=O) groups excluding carboxylic acids is 1. The van der Waals surface area contributed by atoms with Crippen LogP contribution in [0.2, 0.25) is 5.02 Å². The maximum atomic E-state index is 13.8. The molecule has 1 aromatic heterocycles. The molecule has 0 N–H and O–H groups in total. The molecule has 0 unspecified atom stereocenters. The zero-order valence-corrected chi connectivity index (χ0v) is 21.9. The number of halogens is 1. The number of thiophene rings is 1. The molecule has 0 atom stereocenters. The van der Waals surface area contributed by atoms with Crippen molar-refractivity contribution in [3.63, 3.8) is 0 Å². The molecule has 0 aliphatic heterocycles. The van der Waals surface area contributed by atoms with Crippen molar-refractivity contribution in [3.05, 3.63) is 81.7 Å². The van der Waals surface area contributed by atoms with Gasteiger partial charge in [0.1, 0.15) is 0 Å². The standard InChI is InChI=1S/C29H33ClN2OS/c1-4-31(5-2)16-8-9-17-32(20-22-12-13-23-10-6-7-11-24(23)18-22)29(33)28-21(3)26-19-25(30)14-15-27(26)34-28/h6-7,10-15,18-19H,4-5,8-9,16-17,20H2,1-3H3. The van der Waals surface area contributed by atoms with Crippen LogP contribution in [-0.4, -0.2) is 41.9 Å². The van der Waals surface area contributed by atoms with E-state index >= 15 is 0 Å². The molecule has 3 aromatic carbocycles. The Labute approximate surface area is 211 Å². The second kappa shape index (κ2) is 11.4. The lowest BCUT2D eigenvalue weighted by Gasteiger charge is -2.24. The third kappa shape index (κ3) is 5.63. The largest absolute Gasteiger partial charge is 0.334 e. The molecule has 0 aliphatic carbocycles. The summed E-state index contributed by atoms with van der Waals surface area (Å²) in [5.74, 6) is 0.117. The van der Waals surface area contributed by atoms with Crippen LogP contribution in [0, 0.1) is 6.92 Å². The van der Waals surface area contributed by atoms with Gasteiger partial charge in [-0.15, -0.1) is 11.3 Å². The van der Waals surface area contributed by atoms with Crippen LogP contribution in [0.5, 0.6) is 0 Å². The zero-order chi connectivity index (χ0) is 24.1. The number of aryl methyl sites for hydroxylation is 1. The Hall–Kier alpha value is -2.40. The van der Waals surface area contributed by atoms with Gasteiger partial charge in [-0.05, 0) is 91.0 Å². The van der Waals surface area contributed by atoms with Crippen molar-refractivity contribution in [2.45, 2.75) is 40.2 Å². The molecule has 34 heavy (non-hydrogen) atoms. The molecule has 5 heteroatoms. The van der Waals surface area contributed by atoms with Gasteiger partial charge in [-0.3, -0.25) is 4.79 Å². The number of carbonyl (C=O) groups is 1. The van der Waals surface area contributed by atoms with Crippen LogP contribution in [0.1, 0.15) is 47.5 Å². The third-order valence-electron chi connectivity index (χ3n) is 6.61. The van der Waals surface area contributed by atoms with Crippen molar-refractivity contribution in [1.82, 2.24) is 9.80 Å². The van der Waals surface area contributed by atoms with Crippen molar-refractivity contribution < 1.29 is 4.79 Å². The summed E-state index contributed by atoms with van der Waals surface area (Å²) in [5.41, 5.74) is 2.19. The lowest BCUT2D eigenvalue weighted by atomic mass is 10.1. The van der Waals surface area contributed by atoms with Gasteiger partial charge in [0, 0.05) is 22.8 Å². The predicted octanol–water partition coefficient (Wildman–Crippen LogP) is 7.78. The first-order valence-electron chi connectivity index (χ1n) is 12.2. The van der Waals surface area contributed by atoms with Crippen LogP contribution >= 0.6 is 22.9 Å². The Kier molecular flexibility index (Phi) is 8.25. The molecular formula is C29H33ClN2OS. The smallest absolute Gasteiger partial charge is 0.264 e. The maximum Gasteiger partial charge on any atom is 0.264 e. The summed E-state index contributed by atoms with van der Waals surface area (Å²) in [6.45, 7) is 11.0. The van der Waals surface area contributed by atoms with E-state index in [0.717, 1.165) is 65.1 Å². The van der Waals surface area contributed by atoms with E-state index in [0.29, 0.717) is 11.6 Å². The molecule has 0 saturated carbocycles. The Bertz CT molecular complexity index is 1280. The lowest BCUT2D eigenvalue weighted by molar-refractivity contribution is 0.0743. The van der Waals surface area contributed by atoms with Crippen molar-refractivity contribution in [1.29, 1.82) is 0 Å². The summed E-state index contributed by atoms with van der Waals surface area (Å²) in [5, 5.41) is 4.21. The molecule has 0 fully saturated rings. The first-order valence-corrected chi connectivity index (χ1v) is 13.4. The Balaban J connectivity index is 1.58. The first kappa shape index (κ1) is 24.7. The van der Waals surface area contributed by atoms with Gasteiger partial charge in [0.25, 0.3) is 5.91 Å². The molecule has 0 spiro atoms. The molecule has 4 aromatic rings. The third-order valence-corrected chi connectivity index (χ3v) is 8.11. The number of hydrogen-bond acceptors (Lipinski definition) is 3. The molecule has 0 aliphatic rings. The highest BCUT2D eigenvalue weighted by molar-refractivity contribution is 7.21. The zero-order valence-electron chi connectivity index (χ0n) is 20.3. The summed E-state index contributed by atoms with van der Waals surface area (Å²) in [6, 6.07) is 20.8. The second-order valence-electron chi connectivity index (χ2n) is 8.84. The molecule has 1 heterocycles. The summed E-state index contributed by atoms with van der Waals surface area (Å²) in [7, 11) is 0. The number of rotatable bonds is 10. The minimum absolute atomic E-state index is 0.117. The van der Waals surface area contributed by atoms with E-state index in [-0.39, 0.29) is 5.91 Å². The lowest BCUT2D eigenvalue weighted by Crippen LogP contribution is -2.32. The van der Waals surface area contributed by atoms with E-state index in [1.165, 1.54) is 10.8 Å². The van der Waals surface area contributed by atoms with E-state index in [2.05, 4.69) is 61.2 Å². The molecule has 1 amide bonds. The highest BCUT2D eigenvalue weighted by atomic mass is 35.5. The van der Waals surface area contributed by atoms with Gasteiger partial charge in [-0.25, -0.2) is 0 Å². The van der Waals surface area contributed by atoms with Crippen molar-refractivity contribution in [3.8, 4) is 0 Å². The molecule has 3 nitrogen and oxygen atoms in total. The average Bonchev–Trinajstić information content (AvgIpc) is 3.18. The molecular weight excluding hydrogens is 460 g/mol. The second-order valence-corrected chi connectivity index (χ2v) is 10.3.